The van der Waals surface area contributed by atoms with Crippen LogP contribution in [0.2, 0.25) is 0 Å². The van der Waals surface area contributed by atoms with E-state index in [1.165, 1.54) is 6.07 Å². The summed E-state index contributed by atoms with van der Waals surface area (Å²) in [6.07, 6.45) is 4.26. The SMILES string of the molecule is CCCCCCOc1ccc(/C(C)=N\NC2=[NH+]CCN2)cc1[N+](=O)[O-]. The second kappa shape index (κ2) is 9.61. The fraction of sp³-hybridized carbons (Fsp3) is 0.529. The average Bonchev–Trinajstić information content (AvgIpc) is 3.13. The van der Waals surface area contributed by atoms with Crippen LogP contribution in [-0.4, -0.2) is 36.3 Å². The monoisotopic (exact) mass is 348 g/mol. The zero-order valence-corrected chi connectivity index (χ0v) is 14.8. The van der Waals surface area contributed by atoms with Crippen molar-refractivity contribution in [2.24, 2.45) is 5.10 Å². The number of nitrogens with zero attached hydrogens (tertiary/aromatic N) is 2. The number of nitro benzene ring substituents is 1. The van der Waals surface area contributed by atoms with Gasteiger partial charge in [0, 0.05) is 11.6 Å². The maximum atomic E-state index is 11.3. The second-order valence-corrected chi connectivity index (χ2v) is 5.89. The van der Waals surface area contributed by atoms with Crippen LogP contribution in [0, 0.1) is 10.1 Å². The van der Waals surface area contributed by atoms with E-state index in [1.54, 1.807) is 19.1 Å². The maximum Gasteiger partial charge on any atom is 0.367 e. The molecule has 0 fully saturated rings. The summed E-state index contributed by atoms with van der Waals surface area (Å²) in [5.74, 6) is 1.04. The Morgan fingerprint density at radius 3 is 2.96 bits per heavy atom. The molecule has 136 valence electrons. The predicted octanol–water partition coefficient (Wildman–Crippen LogP) is 0.907. The first-order chi connectivity index (χ1) is 12.1. The molecule has 1 aromatic rings. The quantitative estimate of drug-likeness (QED) is 0.266. The predicted molar refractivity (Wildman–Crippen MR) is 96.9 cm³/mol. The molecule has 1 aromatic carbocycles. The van der Waals surface area contributed by atoms with Gasteiger partial charge < -0.3 is 4.74 Å². The number of benzene rings is 1. The molecule has 0 bridgehead atoms. The molecule has 8 nitrogen and oxygen atoms in total. The summed E-state index contributed by atoms with van der Waals surface area (Å²) in [4.78, 5) is 14.0. The maximum absolute atomic E-state index is 11.3. The molecule has 0 aromatic heterocycles. The number of nitro groups is 1. The normalized spacial score (nSPS) is 14.0. The van der Waals surface area contributed by atoms with Crippen molar-refractivity contribution < 1.29 is 14.7 Å². The lowest BCUT2D eigenvalue weighted by molar-refractivity contribution is -0.446. The first-order valence-corrected chi connectivity index (χ1v) is 8.68. The Morgan fingerprint density at radius 1 is 1.44 bits per heavy atom. The minimum Gasteiger partial charge on any atom is -0.487 e. The summed E-state index contributed by atoms with van der Waals surface area (Å²) < 4.78 is 5.60. The Kier molecular flexibility index (Phi) is 7.18. The van der Waals surface area contributed by atoms with E-state index in [1.807, 2.05) is 0 Å². The highest BCUT2D eigenvalue weighted by molar-refractivity contribution is 6.00. The van der Waals surface area contributed by atoms with Gasteiger partial charge in [-0.25, -0.2) is 0 Å². The van der Waals surface area contributed by atoms with Crippen LogP contribution < -0.4 is 20.5 Å². The lowest BCUT2D eigenvalue weighted by Gasteiger charge is -2.08. The third-order valence-electron chi connectivity index (χ3n) is 3.89. The molecular formula is C17H26N5O3+. The van der Waals surface area contributed by atoms with Gasteiger partial charge in [-0.2, -0.15) is 5.43 Å². The van der Waals surface area contributed by atoms with Gasteiger partial charge in [-0.3, -0.25) is 20.4 Å². The van der Waals surface area contributed by atoms with Crippen molar-refractivity contribution in [3.8, 4) is 5.75 Å². The van der Waals surface area contributed by atoms with E-state index < -0.39 is 4.92 Å². The Labute approximate surface area is 147 Å². The van der Waals surface area contributed by atoms with Gasteiger partial charge in [0.05, 0.1) is 30.3 Å². The number of hydrazone groups is 1. The summed E-state index contributed by atoms with van der Waals surface area (Å²) in [5.41, 5.74) is 4.17. The highest BCUT2D eigenvalue weighted by atomic mass is 16.6. The first-order valence-electron chi connectivity index (χ1n) is 8.68. The van der Waals surface area contributed by atoms with Crippen molar-refractivity contribution in [3.63, 3.8) is 0 Å². The van der Waals surface area contributed by atoms with E-state index in [9.17, 15) is 10.1 Å². The second-order valence-electron chi connectivity index (χ2n) is 5.89. The van der Waals surface area contributed by atoms with Crippen LogP contribution in [-0.2, 0) is 0 Å². The van der Waals surface area contributed by atoms with Gasteiger partial charge in [0.2, 0.25) is 0 Å². The van der Waals surface area contributed by atoms with Crippen LogP contribution in [0.4, 0.5) is 5.69 Å². The summed E-state index contributed by atoms with van der Waals surface area (Å²) >= 11 is 0. The van der Waals surface area contributed by atoms with E-state index >= 15 is 0 Å². The number of unbranched alkanes of at least 4 members (excludes halogenated alkanes) is 3. The lowest BCUT2D eigenvalue weighted by Crippen LogP contribution is -2.73. The number of ether oxygens (including phenoxy) is 1. The standard InChI is InChI=1S/C17H25N5O3/c1-3-4-5-6-11-25-16-8-7-14(12-15(16)22(23)24)13(2)20-21-17-18-9-10-19-17/h7-8,12H,3-6,9-11H2,1-2H3,(H2,18,19,21)/p+1/b20-13-. The fourth-order valence-corrected chi connectivity index (χ4v) is 2.44. The zero-order chi connectivity index (χ0) is 18.1. The van der Waals surface area contributed by atoms with Crippen LogP contribution >= 0.6 is 0 Å². The molecule has 0 saturated carbocycles. The van der Waals surface area contributed by atoms with Crippen molar-refractivity contribution >= 4 is 17.4 Å². The molecule has 1 aliphatic rings. The van der Waals surface area contributed by atoms with Gasteiger partial charge in [0.25, 0.3) is 0 Å². The van der Waals surface area contributed by atoms with Crippen molar-refractivity contribution in [2.75, 3.05) is 19.7 Å². The minimum atomic E-state index is -0.416. The van der Waals surface area contributed by atoms with Gasteiger partial charge in [-0.15, -0.1) is 5.10 Å². The largest absolute Gasteiger partial charge is 0.487 e. The van der Waals surface area contributed by atoms with Crippen molar-refractivity contribution in [1.29, 1.82) is 0 Å². The first kappa shape index (κ1) is 18.7. The average molecular weight is 348 g/mol. The summed E-state index contributed by atoms with van der Waals surface area (Å²) in [6.45, 7) is 6.11. The van der Waals surface area contributed by atoms with Crippen LogP contribution in [0.3, 0.4) is 0 Å². The summed E-state index contributed by atoms with van der Waals surface area (Å²) in [6, 6.07) is 4.93. The topological polar surface area (TPSA) is 103 Å². The van der Waals surface area contributed by atoms with Gasteiger partial charge >= 0.3 is 11.6 Å². The lowest BCUT2D eigenvalue weighted by atomic mass is 10.1. The van der Waals surface area contributed by atoms with E-state index in [4.69, 9.17) is 4.74 Å². The molecule has 0 unspecified atom stereocenters. The number of nitrogens with one attached hydrogen (secondary N) is 3. The van der Waals surface area contributed by atoms with Crippen LogP contribution in [0.1, 0.15) is 45.1 Å². The molecule has 0 radical (unpaired) electrons. The van der Waals surface area contributed by atoms with Gasteiger partial charge in [0.15, 0.2) is 5.75 Å². The van der Waals surface area contributed by atoms with Gasteiger partial charge in [0.1, 0.15) is 0 Å². The van der Waals surface area contributed by atoms with Gasteiger partial charge in [-0.05, 0) is 25.5 Å². The Morgan fingerprint density at radius 2 is 2.28 bits per heavy atom. The molecular weight excluding hydrogens is 322 g/mol. The Balaban J connectivity index is 2.03. The molecule has 2 rings (SSSR count). The molecule has 0 amide bonds. The van der Waals surface area contributed by atoms with Crippen molar-refractivity contribution in [1.82, 2.24) is 10.7 Å². The molecule has 25 heavy (non-hydrogen) atoms. The molecule has 8 heteroatoms. The molecule has 1 heterocycles. The van der Waals surface area contributed by atoms with Gasteiger partial charge in [-0.1, -0.05) is 26.2 Å². The summed E-state index contributed by atoms with van der Waals surface area (Å²) in [5, 5.41) is 18.7. The van der Waals surface area contributed by atoms with E-state index in [0.717, 1.165) is 44.7 Å². The Bertz CT molecular complexity index is 658. The number of hydrogen-bond donors (Lipinski definition) is 3. The third-order valence-corrected chi connectivity index (χ3v) is 3.89. The third kappa shape index (κ3) is 5.74. The number of hydrogen-bond acceptors (Lipinski definition) is 6. The minimum absolute atomic E-state index is 0.0349. The van der Waals surface area contributed by atoms with Crippen LogP contribution in [0.15, 0.2) is 23.3 Å². The molecule has 0 spiro atoms. The van der Waals surface area contributed by atoms with E-state index in [0.29, 0.717) is 23.6 Å². The van der Waals surface area contributed by atoms with E-state index in [2.05, 4.69) is 27.8 Å². The van der Waals surface area contributed by atoms with Crippen LogP contribution in [0.5, 0.6) is 5.75 Å². The molecule has 0 aliphatic carbocycles. The number of guanidine groups is 1. The van der Waals surface area contributed by atoms with E-state index in [-0.39, 0.29) is 5.69 Å². The van der Waals surface area contributed by atoms with Crippen molar-refractivity contribution in [3.05, 3.63) is 33.9 Å². The smallest absolute Gasteiger partial charge is 0.367 e. The number of rotatable bonds is 9. The molecule has 0 atom stereocenters. The zero-order valence-electron chi connectivity index (χ0n) is 14.8. The fourth-order valence-electron chi connectivity index (χ4n) is 2.44. The summed E-state index contributed by atoms with van der Waals surface area (Å²) in [7, 11) is 0. The molecule has 0 saturated heterocycles. The van der Waals surface area contributed by atoms with Crippen LogP contribution in [0.25, 0.3) is 0 Å². The molecule has 3 N–H and O–H groups in total. The highest BCUT2D eigenvalue weighted by Gasteiger charge is 2.17. The molecule has 1 aliphatic heterocycles. The Hall–Kier alpha value is -2.64. The van der Waals surface area contributed by atoms with Crippen molar-refractivity contribution in [2.45, 2.75) is 39.5 Å². The highest BCUT2D eigenvalue weighted by Crippen LogP contribution is 2.28.